The van der Waals surface area contributed by atoms with Crippen molar-refractivity contribution in [1.29, 1.82) is 0 Å². The fourth-order valence-electron chi connectivity index (χ4n) is 6.81. The summed E-state index contributed by atoms with van der Waals surface area (Å²) in [5.41, 5.74) is 2.82. The first-order valence-corrected chi connectivity index (χ1v) is 16.8. The summed E-state index contributed by atoms with van der Waals surface area (Å²) in [5.74, 6) is 1.20. The van der Waals surface area contributed by atoms with E-state index in [0.29, 0.717) is 54.9 Å². The molecule has 2 heterocycles. The van der Waals surface area contributed by atoms with Crippen LogP contribution in [0.1, 0.15) is 77.2 Å². The van der Waals surface area contributed by atoms with Crippen LogP contribution in [0, 0.1) is 12.7 Å². The molecule has 0 radical (unpaired) electrons. The van der Waals surface area contributed by atoms with E-state index in [1.807, 2.05) is 13.0 Å². The van der Waals surface area contributed by atoms with E-state index in [-0.39, 0.29) is 11.9 Å². The zero-order valence-electron chi connectivity index (χ0n) is 23.7. The Balaban J connectivity index is 1.56. The van der Waals surface area contributed by atoms with Gasteiger partial charge in [0.15, 0.2) is 0 Å². The number of aliphatic hydroxyl groups excluding tert-OH is 1. The van der Waals surface area contributed by atoms with E-state index >= 15 is 0 Å². The Labute approximate surface area is 236 Å². The molecule has 2 atom stereocenters. The number of piperidine rings is 1. The molecule has 0 saturated carbocycles. The van der Waals surface area contributed by atoms with Crippen molar-refractivity contribution in [2.24, 2.45) is 0 Å². The second kappa shape index (κ2) is 11.2. The van der Waals surface area contributed by atoms with Crippen LogP contribution < -0.4 is 9.16 Å². The predicted octanol–water partition coefficient (Wildman–Crippen LogP) is 7.23. The predicted molar refractivity (Wildman–Crippen MR) is 156 cm³/mol. The number of nitrogens with zero attached hydrogens (tertiary/aromatic N) is 1. The fraction of sp³-hybridized carbons (Fsp3) is 0.600. The third-order valence-corrected chi connectivity index (χ3v) is 16.0. The van der Waals surface area contributed by atoms with Crippen molar-refractivity contribution < 1.29 is 23.8 Å². The molecule has 38 heavy (non-hydrogen) atoms. The van der Waals surface area contributed by atoms with Crippen LogP contribution in [0.3, 0.4) is 0 Å². The number of ether oxygens (including phenoxy) is 1. The van der Waals surface area contributed by atoms with Crippen LogP contribution in [-0.2, 0) is 5.60 Å². The highest BCUT2D eigenvalue weighted by molar-refractivity contribution is 9.10. The molecular formula is C30H43BrFNO4Si. The summed E-state index contributed by atoms with van der Waals surface area (Å²) in [7, 11) is -2.16. The number of benzene rings is 2. The topological polar surface area (TPSA) is 62.2 Å². The maximum absolute atomic E-state index is 13.4. The summed E-state index contributed by atoms with van der Waals surface area (Å²) in [4.78, 5) is 2.20. The lowest BCUT2D eigenvalue weighted by molar-refractivity contribution is -0.0667. The van der Waals surface area contributed by atoms with Gasteiger partial charge in [0.25, 0.3) is 8.32 Å². The van der Waals surface area contributed by atoms with E-state index in [4.69, 9.17) is 9.16 Å². The molecular weight excluding hydrogens is 565 g/mol. The van der Waals surface area contributed by atoms with Gasteiger partial charge in [-0.2, -0.15) is 0 Å². The number of hydrogen-bond donors (Lipinski definition) is 2. The lowest BCUT2D eigenvalue weighted by atomic mass is 9.83. The maximum atomic E-state index is 13.4. The molecule has 2 aliphatic heterocycles. The standard InChI is InChI=1S/C30H43BrFNO4Si/c1-18(2)38(19(3)4,20(5)6)37-25-16-26-27(28(31)21(25)7)29(34)24(17-36-26)33-14-12-30(35,13-15-33)22-8-10-23(32)11-9-22/h8-11,16,18-20,24,29,34-35H,12-15,17H2,1-7H3. The smallest absolute Gasteiger partial charge is 0.258 e. The Kier molecular flexibility index (Phi) is 8.70. The lowest BCUT2D eigenvalue weighted by Crippen LogP contribution is -2.52. The third kappa shape index (κ3) is 5.19. The maximum Gasteiger partial charge on any atom is 0.258 e. The fourth-order valence-corrected chi connectivity index (χ4v) is 12.7. The van der Waals surface area contributed by atoms with Gasteiger partial charge in [0.2, 0.25) is 0 Å². The number of rotatable bonds is 7. The van der Waals surface area contributed by atoms with Crippen molar-refractivity contribution in [2.45, 2.75) is 95.7 Å². The van der Waals surface area contributed by atoms with Gasteiger partial charge >= 0.3 is 0 Å². The van der Waals surface area contributed by atoms with E-state index < -0.39 is 20.0 Å². The molecule has 210 valence electrons. The number of halogens is 2. The molecule has 2 N–H and O–H groups in total. The van der Waals surface area contributed by atoms with Gasteiger partial charge in [0.1, 0.15) is 30.0 Å². The molecule has 0 amide bonds. The highest BCUT2D eigenvalue weighted by atomic mass is 79.9. The van der Waals surface area contributed by atoms with Crippen LogP contribution in [-0.4, -0.2) is 49.2 Å². The van der Waals surface area contributed by atoms with Gasteiger partial charge in [-0.15, -0.1) is 0 Å². The molecule has 2 aromatic carbocycles. The molecule has 2 aromatic rings. The van der Waals surface area contributed by atoms with Gasteiger partial charge in [-0.05, 0) is 70.0 Å². The molecule has 8 heteroatoms. The summed E-state index contributed by atoms with van der Waals surface area (Å²) in [6, 6.07) is 7.86. The average Bonchev–Trinajstić information content (AvgIpc) is 2.85. The molecule has 1 saturated heterocycles. The van der Waals surface area contributed by atoms with Crippen LogP contribution >= 0.6 is 15.9 Å². The third-order valence-electron chi connectivity index (χ3n) is 9.00. The van der Waals surface area contributed by atoms with E-state index in [2.05, 4.69) is 62.4 Å². The normalized spacial score (nSPS) is 22.1. The molecule has 5 nitrogen and oxygen atoms in total. The lowest BCUT2D eigenvalue weighted by Gasteiger charge is -2.45. The van der Waals surface area contributed by atoms with E-state index in [1.165, 1.54) is 12.1 Å². The van der Waals surface area contributed by atoms with Crippen molar-refractivity contribution in [3.05, 3.63) is 57.3 Å². The summed E-state index contributed by atoms with van der Waals surface area (Å²) in [6.45, 7) is 17.3. The first-order valence-electron chi connectivity index (χ1n) is 13.9. The Bertz CT molecular complexity index is 1110. The molecule has 0 aromatic heterocycles. The summed E-state index contributed by atoms with van der Waals surface area (Å²) in [6.07, 6.45) is 0.280. The van der Waals surface area contributed by atoms with Crippen LogP contribution in [0.4, 0.5) is 4.39 Å². The monoisotopic (exact) mass is 607 g/mol. The SMILES string of the molecule is Cc1c(O[Si](C(C)C)(C(C)C)C(C)C)cc2c(c1Br)C(O)C(N1CCC(O)(c3ccc(F)cc3)CC1)CO2. The van der Waals surface area contributed by atoms with Crippen LogP contribution in [0.25, 0.3) is 0 Å². The Morgan fingerprint density at radius 2 is 1.61 bits per heavy atom. The highest BCUT2D eigenvalue weighted by Crippen LogP contribution is 2.49. The number of aliphatic hydroxyl groups is 2. The van der Waals surface area contributed by atoms with Crippen molar-refractivity contribution in [3.63, 3.8) is 0 Å². The molecule has 0 aliphatic carbocycles. The zero-order valence-corrected chi connectivity index (χ0v) is 26.3. The van der Waals surface area contributed by atoms with Gasteiger partial charge in [-0.3, -0.25) is 4.90 Å². The van der Waals surface area contributed by atoms with Gasteiger partial charge in [-0.1, -0.05) is 53.7 Å². The molecule has 2 aliphatic rings. The van der Waals surface area contributed by atoms with Crippen LogP contribution in [0.15, 0.2) is 34.8 Å². The van der Waals surface area contributed by atoms with Crippen molar-refractivity contribution in [2.75, 3.05) is 19.7 Å². The minimum absolute atomic E-state index is 0.224. The second-order valence-corrected chi connectivity index (χ2v) is 18.2. The minimum atomic E-state index is -2.16. The van der Waals surface area contributed by atoms with E-state index in [9.17, 15) is 14.6 Å². The molecule has 0 spiro atoms. The van der Waals surface area contributed by atoms with Crippen molar-refractivity contribution >= 4 is 24.2 Å². The van der Waals surface area contributed by atoms with E-state index in [1.54, 1.807) is 12.1 Å². The van der Waals surface area contributed by atoms with E-state index in [0.717, 1.165) is 26.9 Å². The first kappa shape index (κ1) is 29.5. The number of hydrogen-bond acceptors (Lipinski definition) is 5. The Morgan fingerprint density at radius 1 is 1.05 bits per heavy atom. The number of likely N-dealkylation sites (tertiary alicyclic amines) is 1. The van der Waals surface area contributed by atoms with Crippen molar-refractivity contribution in [1.82, 2.24) is 4.90 Å². The summed E-state index contributed by atoms with van der Waals surface area (Å²) >= 11 is 3.79. The quantitative estimate of drug-likeness (QED) is 0.325. The van der Waals surface area contributed by atoms with Crippen LogP contribution in [0.2, 0.25) is 16.6 Å². The second-order valence-electron chi connectivity index (χ2n) is 12.0. The molecule has 2 unspecified atom stereocenters. The first-order chi connectivity index (χ1) is 17.8. The van der Waals surface area contributed by atoms with Gasteiger partial charge in [0, 0.05) is 34.8 Å². The molecule has 4 rings (SSSR count). The minimum Gasteiger partial charge on any atom is -0.542 e. The Morgan fingerprint density at radius 3 is 2.13 bits per heavy atom. The number of fused-ring (bicyclic) bond motifs is 1. The van der Waals surface area contributed by atoms with Gasteiger partial charge in [0.05, 0.1) is 11.6 Å². The largest absolute Gasteiger partial charge is 0.542 e. The molecule has 0 bridgehead atoms. The van der Waals surface area contributed by atoms with Gasteiger partial charge < -0.3 is 19.4 Å². The van der Waals surface area contributed by atoms with Gasteiger partial charge in [-0.25, -0.2) is 4.39 Å². The van der Waals surface area contributed by atoms with Crippen LogP contribution in [0.5, 0.6) is 11.5 Å². The Hall–Kier alpha value is -1.45. The summed E-state index contributed by atoms with van der Waals surface area (Å²) < 4.78 is 27.5. The van der Waals surface area contributed by atoms with Crippen molar-refractivity contribution in [3.8, 4) is 11.5 Å². The average molecular weight is 609 g/mol. The zero-order chi connectivity index (χ0) is 28.0. The summed E-state index contributed by atoms with van der Waals surface area (Å²) in [5, 5.41) is 22.8. The molecule has 1 fully saturated rings. The highest BCUT2D eigenvalue weighted by Gasteiger charge is 2.48.